The minimum atomic E-state index is -0.987. The van der Waals surface area contributed by atoms with Crippen LogP contribution in [0.3, 0.4) is 0 Å². The van der Waals surface area contributed by atoms with Crippen LogP contribution in [-0.4, -0.2) is 54.2 Å². The Morgan fingerprint density at radius 3 is 2.68 bits per heavy atom. The van der Waals surface area contributed by atoms with E-state index < -0.39 is 5.97 Å². The lowest BCUT2D eigenvalue weighted by molar-refractivity contribution is 0.0701. The van der Waals surface area contributed by atoms with Gasteiger partial charge in [-0.15, -0.1) is 11.3 Å². The Balaban J connectivity index is 2.50. The number of aryl methyl sites for hydroxylation is 1. The fraction of sp³-hybridized carbons (Fsp3) is 0.545. The molecule has 1 aromatic rings. The van der Waals surface area contributed by atoms with Gasteiger partial charge in [0, 0.05) is 20.1 Å². The molecule has 0 saturated heterocycles. The number of hydrogen-bond donors (Lipinski definition) is 3. The third-order valence-electron chi connectivity index (χ3n) is 2.47. The van der Waals surface area contributed by atoms with Crippen LogP contribution in [0.25, 0.3) is 0 Å². The number of hydrogen-bond acceptors (Lipinski definition) is 5. The van der Waals surface area contributed by atoms with Crippen molar-refractivity contribution in [2.24, 2.45) is 0 Å². The third-order valence-corrected chi connectivity index (χ3v) is 3.62. The molecule has 0 radical (unpaired) electrons. The molecule has 0 saturated carbocycles. The molecular weight excluding hydrogens is 268 g/mol. The smallest absolute Gasteiger partial charge is 0.347 e. The number of carboxylic acid groups (broad SMARTS) is 1. The van der Waals surface area contributed by atoms with Gasteiger partial charge in [0.1, 0.15) is 9.88 Å². The van der Waals surface area contributed by atoms with Crippen molar-refractivity contribution < 1.29 is 14.7 Å². The average Bonchev–Trinajstić information content (AvgIpc) is 2.74. The quantitative estimate of drug-likeness (QED) is 0.708. The number of nitrogens with zero attached hydrogens (tertiary/aromatic N) is 2. The highest BCUT2D eigenvalue weighted by atomic mass is 32.1. The van der Waals surface area contributed by atoms with Crippen molar-refractivity contribution in [1.29, 1.82) is 0 Å². The summed E-state index contributed by atoms with van der Waals surface area (Å²) in [6, 6.07) is -0.208. The van der Waals surface area contributed by atoms with Crippen molar-refractivity contribution in [2.45, 2.75) is 13.5 Å². The molecule has 3 N–H and O–H groups in total. The van der Waals surface area contributed by atoms with E-state index in [4.69, 9.17) is 5.11 Å². The molecular formula is C11H18N4O3S. The van der Waals surface area contributed by atoms with E-state index in [9.17, 15) is 9.59 Å². The van der Waals surface area contributed by atoms with Gasteiger partial charge in [0.25, 0.3) is 0 Å². The molecule has 2 amide bonds. The average molecular weight is 286 g/mol. The molecule has 0 fully saturated rings. The number of rotatable bonds is 6. The van der Waals surface area contributed by atoms with E-state index in [0.29, 0.717) is 23.8 Å². The van der Waals surface area contributed by atoms with Gasteiger partial charge in [-0.25, -0.2) is 14.6 Å². The lowest BCUT2D eigenvalue weighted by Crippen LogP contribution is -2.39. The molecule has 0 bridgehead atoms. The molecule has 0 aliphatic heterocycles. The largest absolute Gasteiger partial charge is 0.477 e. The van der Waals surface area contributed by atoms with Crippen LogP contribution in [-0.2, 0) is 6.54 Å². The molecule has 106 valence electrons. The minimum Gasteiger partial charge on any atom is -0.477 e. The highest BCUT2D eigenvalue weighted by Gasteiger charge is 2.15. The van der Waals surface area contributed by atoms with Crippen LogP contribution in [0, 0.1) is 6.92 Å². The van der Waals surface area contributed by atoms with Crippen LogP contribution in [0.1, 0.15) is 20.4 Å². The Kier molecular flexibility index (Phi) is 5.71. The first-order valence-electron chi connectivity index (χ1n) is 5.79. The maximum absolute atomic E-state index is 11.7. The van der Waals surface area contributed by atoms with Crippen LogP contribution in [0.2, 0.25) is 0 Å². The second-order valence-corrected chi connectivity index (χ2v) is 5.09. The highest BCUT2D eigenvalue weighted by molar-refractivity contribution is 7.13. The van der Waals surface area contributed by atoms with E-state index >= 15 is 0 Å². The number of aromatic carboxylic acids is 1. The van der Waals surface area contributed by atoms with Gasteiger partial charge in [0.05, 0.1) is 12.2 Å². The van der Waals surface area contributed by atoms with Crippen molar-refractivity contribution in [1.82, 2.24) is 20.5 Å². The van der Waals surface area contributed by atoms with Crippen LogP contribution in [0.15, 0.2) is 0 Å². The summed E-state index contributed by atoms with van der Waals surface area (Å²) < 4.78 is 0. The van der Waals surface area contributed by atoms with E-state index in [0.717, 1.165) is 11.3 Å². The number of urea groups is 1. The zero-order valence-electron chi connectivity index (χ0n) is 11.2. The van der Waals surface area contributed by atoms with Crippen molar-refractivity contribution >= 4 is 23.3 Å². The van der Waals surface area contributed by atoms with Crippen LogP contribution in [0.4, 0.5) is 4.79 Å². The molecule has 1 aromatic heterocycles. The van der Waals surface area contributed by atoms with Gasteiger partial charge in [-0.1, -0.05) is 0 Å². The van der Waals surface area contributed by atoms with Crippen molar-refractivity contribution in [3.63, 3.8) is 0 Å². The summed E-state index contributed by atoms with van der Waals surface area (Å²) in [7, 11) is 3.51. The Bertz CT molecular complexity index is 461. The second-order valence-electron chi connectivity index (χ2n) is 4.01. The fourth-order valence-electron chi connectivity index (χ4n) is 1.39. The molecule has 0 aliphatic carbocycles. The zero-order chi connectivity index (χ0) is 14.4. The molecule has 0 aromatic carbocycles. The first kappa shape index (κ1) is 15.4. The number of thiazole rings is 1. The van der Waals surface area contributed by atoms with Crippen molar-refractivity contribution in [3.8, 4) is 0 Å². The second kappa shape index (κ2) is 7.05. The SMILES string of the molecule is CNCCN(C)C(=O)NCc1nc(C)c(C(=O)O)s1. The maximum Gasteiger partial charge on any atom is 0.347 e. The minimum absolute atomic E-state index is 0.208. The fourth-order valence-corrected chi connectivity index (χ4v) is 2.24. The Labute approximate surface area is 115 Å². The van der Waals surface area contributed by atoms with Crippen LogP contribution in [0.5, 0.6) is 0 Å². The molecule has 0 unspecified atom stereocenters. The summed E-state index contributed by atoms with van der Waals surface area (Å²) >= 11 is 1.08. The van der Waals surface area contributed by atoms with Gasteiger partial charge in [-0.3, -0.25) is 0 Å². The van der Waals surface area contributed by atoms with E-state index in [1.807, 2.05) is 7.05 Å². The number of likely N-dealkylation sites (N-methyl/N-ethyl adjacent to an activating group) is 2. The predicted molar refractivity (Wildman–Crippen MR) is 72.6 cm³/mol. The number of amides is 2. The lowest BCUT2D eigenvalue weighted by atomic mass is 10.4. The number of nitrogens with one attached hydrogen (secondary N) is 2. The van der Waals surface area contributed by atoms with Crippen LogP contribution < -0.4 is 10.6 Å². The van der Waals surface area contributed by atoms with Gasteiger partial charge in [0.2, 0.25) is 0 Å². The highest BCUT2D eigenvalue weighted by Crippen LogP contribution is 2.17. The number of carboxylic acids is 1. The molecule has 7 nitrogen and oxygen atoms in total. The summed E-state index contributed by atoms with van der Waals surface area (Å²) in [6.45, 7) is 3.19. The monoisotopic (exact) mass is 286 g/mol. The lowest BCUT2D eigenvalue weighted by Gasteiger charge is -2.17. The van der Waals surface area contributed by atoms with Gasteiger partial charge in [0.15, 0.2) is 0 Å². The molecule has 19 heavy (non-hydrogen) atoms. The number of aromatic nitrogens is 1. The summed E-state index contributed by atoms with van der Waals surface area (Å²) in [6.07, 6.45) is 0. The van der Waals surface area contributed by atoms with Gasteiger partial charge < -0.3 is 20.6 Å². The molecule has 0 spiro atoms. The summed E-state index contributed by atoms with van der Waals surface area (Å²) in [4.78, 5) is 28.4. The summed E-state index contributed by atoms with van der Waals surface area (Å²) in [5.74, 6) is -0.987. The first-order chi connectivity index (χ1) is 8.95. The Hall–Kier alpha value is -1.67. The molecule has 0 aliphatic rings. The molecule has 1 rings (SSSR count). The van der Waals surface area contributed by atoms with E-state index in [1.54, 1.807) is 18.9 Å². The van der Waals surface area contributed by atoms with Crippen molar-refractivity contribution in [2.75, 3.05) is 27.2 Å². The topological polar surface area (TPSA) is 94.6 Å². The normalized spacial score (nSPS) is 10.3. The van der Waals surface area contributed by atoms with Crippen LogP contribution >= 0.6 is 11.3 Å². The number of carbonyl (C=O) groups excluding carboxylic acids is 1. The Morgan fingerprint density at radius 2 is 2.16 bits per heavy atom. The third kappa shape index (κ3) is 4.49. The number of carbonyl (C=O) groups is 2. The maximum atomic E-state index is 11.7. The predicted octanol–water partition coefficient (Wildman–Crippen LogP) is 0.511. The van der Waals surface area contributed by atoms with E-state index in [1.165, 1.54) is 0 Å². The van der Waals surface area contributed by atoms with E-state index in [2.05, 4.69) is 15.6 Å². The van der Waals surface area contributed by atoms with Crippen molar-refractivity contribution in [3.05, 3.63) is 15.6 Å². The Morgan fingerprint density at radius 1 is 1.47 bits per heavy atom. The first-order valence-corrected chi connectivity index (χ1v) is 6.60. The molecule has 1 heterocycles. The van der Waals surface area contributed by atoms with E-state index in [-0.39, 0.29) is 17.5 Å². The standard InChI is InChI=1S/C11H18N4O3S/c1-7-9(10(16)17)19-8(14-7)6-13-11(18)15(3)5-4-12-2/h12H,4-6H2,1-3H3,(H,13,18)(H,16,17). The van der Waals surface area contributed by atoms with Gasteiger partial charge in [-0.2, -0.15) is 0 Å². The zero-order valence-corrected chi connectivity index (χ0v) is 12.0. The summed E-state index contributed by atoms with van der Waals surface area (Å²) in [5.41, 5.74) is 0.477. The summed E-state index contributed by atoms with van der Waals surface area (Å²) in [5, 5.41) is 15.2. The van der Waals surface area contributed by atoms with Gasteiger partial charge >= 0.3 is 12.0 Å². The molecule has 8 heteroatoms. The van der Waals surface area contributed by atoms with Gasteiger partial charge in [-0.05, 0) is 14.0 Å². The molecule has 0 atom stereocenters.